The van der Waals surface area contributed by atoms with Gasteiger partial charge in [-0.15, -0.1) is 0 Å². The van der Waals surface area contributed by atoms with E-state index in [4.69, 9.17) is 0 Å². The smallest absolute Gasteiger partial charge is 0.278 e. The van der Waals surface area contributed by atoms with Crippen LogP contribution in [0, 0.1) is 10.1 Å². The summed E-state index contributed by atoms with van der Waals surface area (Å²) in [4.78, 5) is 34.6. The molecule has 8 nitrogen and oxygen atoms in total. The van der Waals surface area contributed by atoms with E-state index in [0.29, 0.717) is 0 Å². The van der Waals surface area contributed by atoms with E-state index < -0.39 is 16.4 Å². The Labute approximate surface area is 137 Å². The van der Waals surface area contributed by atoms with Gasteiger partial charge in [0.2, 0.25) is 0 Å². The highest BCUT2D eigenvalue weighted by Crippen LogP contribution is 2.15. The number of amides is 1. The lowest BCUT2D eigenvalue weighted by Crippen LogP contribution is -2.31. The van der Waals surface area contributed by atoms with Crippen molar-refractivity contribution in [1.82, 2.24) is 9.99 Å². The van der Waals surface area contributed by atoms with Crippen molar-refractivity contribution in [3.05, 3.63) is 74.2 Å². The third-order valence-electron chi connectivity index (χ3n) is 3.28. The molecule has 0 aliphatic rings. The van der Waals surface area contributed by atoms with Gasteiger partial charge in [-0.3, -0.25) is 19.7 Å². The molecule has 2 aromatic rings. The fourth-order valence-electron chi connectivity index (χ4n) is 2.07. The van der Waals surface area contributed by atoms with Crippen LogP contribution in [0.25, 0.3) is 0 Å². The van der Waals surface area contributed by atoms with Gasteiger partial charge in [0.15, 0.2) is 0 Å². The minimum atomic E-state index is -0.676. The van der Waals surface area contributed by atoms with Gasteiger partial charge >= 0.3 is 0 Å². The van der Waals surface area contributed by atoms with Crippen molar-refractivity contribution in [2.45, 2.75) is 19.9 Å². The second-order valence-corrected chi connectivity index (χ2v) is 5.24. The summed E-state index contributed by atoms with van der Waals surface area (Å²) < 4.78 is 1.43. The normalized spacial score (nSPS) is 11.0. The summed E-state index contributed by atoms with van der Waals surface area (Å²) in [7, 11) is 0. The molecule has 1 aromatic heterocycles. The quantitative estimate of drug-likeness (QED) is 0.515. The molecule has 1 amide bonds. The maximum atomic E-state index is 12.2. The van der Waals surface area contributed by atoms with Crippen LogP contribution in [0.2, 0.25) is 0 Å². The predicted octanol–water partition coefficient (Wildman–Crippen LogP) is 2.10. The first kappa shape index (κ1) is 17.1. The minimum absolute atomic E-state index is 0.0501. The highest BCUT2D eigenvalue weighted by molar-refractivity contribution is 5.94. The van der Waals surface area contributed by atoms with Gasteiger partial charge in [0, 0.05) is 18.3 Å². The van der Waals surface area contributed by atoms with Crippen LogP contribution in [0.3, 0.4) is 0 Å². The Morgan fingerprint density at radius 1 is 1.29 bits per heavy atom. The molecular weight excluding hydrogens is 312 g/mol. The number of aromatic nitrogens is 1. The SMILES string of the molecule is CC(C)n1cccc(C(=O)N/N=C\c2ccccc2[N+](=O)[O-])c1=O. The molecular formula is C16H16N4O4. The molecule has 1 N–H and O–H groups in total. The zero-order valence-electron chi connectivity index (χ0n) is 13.2. The number of para-hydroxylation sites is 1. The van der Waals surface area contributed by atoms with E-state index in [1.165, 1.54) is 35.0 Å². The number of nitrogens with one attached hydrogen (secondary N) is 1. The summed E-state index contributed by atoms with van der Waals surface area (Å²) in [6.07, 6.45) is 2.76. The molecule has 0 unspecified atom stereocenters. The number of hydrogen-bond acceptors (Lipinski definition) is 5. The van der Waals surface area contributed by atoms with Crippen LogP contribution in [-0.2, 0) is 0 Å². The zero-order valence-corrected chi connectivity index (χ0v) is 13.2. The number of nitro benzene ring substituents is 1. The molecule has 2 rings (SSSR count). The second-order valence-electron chi connectivity index (χ2n) is 5.24. The van der Waals surface area contributed by atoms with Crippen LogP contribution in [0.4, 0.5) is 5.69 Å². The second kappa shape index (κ2) is 7.32. The topological polar surface area (TPSA) is 107 Å². The van der Waals surface area contributed by atoms with Crippen LogP contribution in [0.1, 0.15) is 35.8 Å². The molecule has 24 heavy (non-hydrogen) atoms. The maximum absolute atomic E-state index is 12.2. The van der Waals surface area contributed by atoms with Crippen molar-refractivity contribution in [1.29, 1.82) is 0 Å². The summed E-state index contributed by atoms with van der Waals surface area (Å²) in [5, 5.41) is 14.6. The number of nitrogens with zero attached hydrogens (tertiary/aromatic N) is 3. The van der Waals surface area contributed by atoms with E-state index in [-0.39, 0.29) is 22.9 Å². The van der Waals surface area contributed by atoms with Crippen molar-refractivity contribution in [2.24, 2.45) is 5.10 Å². The van der Waals surface area contributed by atoms with Crippen LogP contribution in [0.5, 0.6) is 0 Å². The van der Waals surface area contributed by atoms with Crippen LogP contribution >= 0.6 is 0 Å². The van der Waals surface area contributed by atoms with Crippen molar-refractivity contribution in [3.63, 3.8) is 0 Å². The van der Waals surface area contributed by atoms with Gasteiger partial charge in [0.05, 0.1) is 16.7 Å². The summed E-state index contributed by atoms with van der Waals surface area (Å²) >= 11 is 0. The van der Waals surface area contributed by atoms with Crippen molar-refractivity contribution < 1.29 is 9.72 Å². The summed E-state index contributed by atoms with van der Waals surface area (Å²) in [6.45, 7) is 3.66. The third-order valence-corrected chi connectivity index (χ3v) is 3.28. The van der Waals surface area contributed by atoms with Gasteiger partial charge in [-0.25, -0.2) is 5.43 Å². The van der Waals surface area contributed by atoms with E-state index in [2.05, 4.69) is 10.5 Å². The van der Waals surface area contributed by atoms with E-state index in [1.807, 2.05) is 13.8 Å². The van der Waals surface area contributed by atoms with Gasteiger partial charge in [-0.05, 0) is 32.0 Å². The maximum Gasteiger partial charge on any atom is 0.278 e. The Hall–Kier alpha value is -3.29. The number of nitro groups is 1. The molecule has 0 atom stereocenters. The van der Waals surface area contributed by atoms with Gasteiger partial charge in [0.1, 0.15) is 5.56 Å². The van der Waals surface area contributed by atoms with Gasteiger partial charge in [0.25, 0.3) is 17.2 Å². The Bertz CT molecular complexity index is 855. The highest BCUT2D eigenvalue weighted by atomic mass is 16.6. The number of carbonyl (C=O) groups is 1. The molecule has 0 bridgehead atoms. The predicted molar refractivity (Wildman–Crippen MR) is 89.2 cm³/mol. The lowest BCUT2D eigenvalue weighted by molar-refractivity contribution is -0.385. The van der Waals surface area contributed by atoms with E-state index in [1.54, 1.807) is 18.3 Å². The van der Waals surface area contributed by atoms with Crippen molar-refractivity contribution >= 4 is 17.8 Å². The number of pyridine rings is 1. The fourth-order valence-corrected chi connectivity index (χ4v) is 2.07. The minimum Gasteiger partial charge on any atom is -0.312 e. The van der Waals surface area contributed by atoms with Crippen molar-refractivity contribution in [3.8, 4) is 0 Å². The van der Waals surface area contributed by atoms with E-state index in [9.17, 15) is 19.7 Å². The molecule has 0 saturated carbocycles. The summed E-state index contributed by atoms with van der Waals surface area (Å²) in [5.74, 6) is -0.676. The summed E-state index contributed by atoms with van der Waals surface area (Å²) in [5.41, 5.74) is 1.86. The van der Waals surface area contributed by atoms with Crippen LogP contribution in [0.15, 0.2) is 52.5 Å². The Kier molecular flexibility index (Phi) is 5.20. The molecule has 1 aromatic carbocycles. The molecule has 8 heteroatoms. The number of hydrogen-bond donors (Lipinski definition) is 1. The molecule has 1 heterocycles. The summed E-state index contributed by atoms with van der Waals surface area (Å²) in [6, 6.07) is 8.91. The lowest BCUT2D eigenvalue weighted by Gasteiger charge is -2.10. The zero-order chi connectivity index (χ0) is 17.7. The Morgan fingerprint density at radius 3 is 2.67 bits per heavy atom. The molecule has 0 saturated heterocycles. The lowest BCUT2D eigenvalue weighted by atomic mass is 10.2. The first-order chi connectivity index (χ1) is 11.4. The van der Waals surface area contributed by atoms with Gasteiger partial charge < -0.3 is 4.57 Å². The molecule has 0 radical (unpaired) electrons. The van der Waals surface area contributed by atoms with E-state index >= 15 is 0 Å². The average Bonchev–Trinajstić information content (AvgIpc) is 2.54. The Morgan fingerprint density at radius 2 is 2.00 bits per heavy atom. The van der Waals surface area contributed by atoms with E-state index in [0.717, 1.165) is 0 Å². The average molecular weight is 328 g/mol. The largest absolute Gasteiger partial charge is 0.312 e. The molecule has 0 fully saturated rings. The van der Waals surface area contributed by atoms with Crippen molar-refractivity contribution in [2.75, 3.05) is 0 Å². The number of benzene rings is 1. The van der Waals surface area contributed by atoms with Gasteiger partial charge in [-0.2, -0.15) is 5.10 Å². The fraction of sp³-hybridized carbons (Fsp3) is 0.188. The number of carbonyl (C=O) groups excluding carboxylic acids is 1. The first-order valence-electron chi connectivity index (χ1n) is 7.19. The Balaban J connectivity index is 2.19. The number of hydrazone groups is 1. The molecule has 0 aliphatic heterocycles. The first-order valence-corrected chi connectivity index (χ1v) is 7.19. The van der Waals surface area contributed by atoms with Crippen LogP contribution in [-0.4, -0.2) is 21.6 Å². The molecule has 0 spiro atoms. The number of rotatable bonds is 5. The molecule has 0 aliphatic carbocycles. The van der Waals surface area contributed by atoms with Crippen LogP contribution < -0.4 is 11.0 Å². The van der Waals surface area contributed by atoms with Gasteiger partial charge in [-0.1, -0.05) is 12.1 Å². The monoisotopic (exact) mass is 328 g/mol. The standard InChI is InChI=1S/C16H16N4O4/c1-11(2)19-9-5-7-13(16(19)22)15(21)18-17-10-12-6-3-4-8-14(12)20(23)24/h3-11H,1-2H3,(H,18,21)/b17-10-. The molecule has 124 valence electrons. The third kappa shape index (κ3) is 3.72. The highest BCUT2D eigenvalue weighted by Gasteiger charge is 2.13.